The summed E-state index contributed by atoms with van der Waals surface area (Å²) < 4.78 is 5.48. The molecule has 1 atom stereocenters. The normalized spacial score (nSPS) is 18.8. The average molecular weight is 287 g/mol. The van der Waals surface area contributed by atoms with E-state index in [2.05, 4.69) is 4.98 Å². The van der Waals surface area contributed by atoms with Crippen LogP contribution in [0.5, 0.6) is 0 Å². The molecule has 0 spiro atoms. The van der Waals surface area contributed by atoms with Gasteiger partial charge in [-0.2, -0.15) is 0 Å². The van der Waals surface area contributed by atoms with Crippen LogP contribution >= 0.6 is 0 Å². The minimum Gasteiger partial charge on any atom is -0.399 e. The van der Waals surface area contributed by atoms with Crippen molar-refractivity contribution in [2.24, 2.45) is 5.92 Å². The van der Waals surface area contributed by atoms with E-state index in [1.807, 2.05) is 25.2 Å². The molecule has 1 aliphatic rings. The van der Waals surface area contributed by atoms with E-state index in [0.717, 1.165) is 43.5 Å². The standard InChI is InChI=1S/C16H21N3O2/c1-19(9-11-3-2-6-21-10-11)16(20)14-8-18-15-5-4-12(17)7-13(14)15/h4-5,7-8,11,18H,2-3,6,9-10,17H2,1H3. The third-order valence-corrected chi connectivity index (χ3v) is 4.07. The van der Waals surface area contributed by atoms with E-state index >= 15 is 0 Å². The Kier molecular flexibility index (Phi) is 3.84. The fourth-order valence-corrected chi connectivity index (χ4v) is 2.94. The van der Waals surface area contributed by atoms with E-state index < -0.39 is 0 Å². The number of fused-ring (bicyclic) bond motifs is 1. The number of amides is 1. The minimum atomic E-state index is 0.0254. The van der Waals surface area contributed by atoms with Crippen LogP contribution in [0.2, 0.25) is 0 Å². The van der Waals surface area contributed by atoms with Crippen molar-refractivity contribution in [2.75, 3.05) is 32.5 Å². The molecular formula is C16H21N3O2. The molecule has 5 heteroatoms. The highest BCUT2D eigenvalue weighted by molar-refractivity contribution is 6.07. The van der Waals surface area contributed by atoms with Gasteiger partial charge in [-0.3, -0.25) is 4.79 Å². The third kappa shape index (κ3) is 2.88. The van der Waals surface area contributed by atoms with Crippen LogP contribution in [0.4, 0.5) is 5.69 Å². The number of anilines is 1. The van der Waals surface area contributed by atoms with Gasteiger partial charge in [-0.15, -0.1) is 0 Å². The predicted octanol–water partition coefficient (Wildman–Crippen LogP) is 2.25. The van der Waals surface area contributed by atoms with Gasteiger partial charge in [0.05, 0.1) is 12.2 Å². The summed E-state index contributed by atoms with van der Waals surface area (Å²) in [6.45, 7) is 2.32. The topological polar surface area (TPSA) is 71.3 Å². The van der Waals surface area contributed by atoms with Crippen molar-refractivity contribution >= 4 is 22.5 Å². The Morgan fingerprint density at radius 2 is 2.38 bits per heavy atom. The molecule has 3 rings (SSSR count). The molecule has 5 nitrogen and oxygen atoms in total. The largest absolute Gasteiger partial charge is 0.399 e. The third-order valence-electron chi connectivity index (χ3n) is 4.07. The molecule has 0 radical (unpaired) electrons. The van der Waals surface area contributed by atoms with Crippen LogP contribution in [0.1, 0.15) is 23.2 Å². The molecule has 2 aromatic rings. The summed E-state index contributed by atoms with van der Waals surface area (Å²) in [5.74, 6) is 0.459. The summed E-state index contributed by atoms with van der Waals surface area (Å²) in [7, 11) is 1.85. The first kappa shape index (κ1) is 13.9. The van der Waals surface area contributed by atoms with Crippen molar-refractivity contribution in [1.29, 1.82) is 0 Å². The van der Waals surface area contributed by atoms with Gasteiger partial charge in [0, 0.05) is 43.0 Å². The molecule has 1 aliphatic heterocycles. The highest BCUT2D eigenvalue weighted by atomic mass is 16.5. The van der Waals surface area contributed by atoms with Gasteiger partial charge in [-0.05, 0) is 37.0 Å². The first-order valence-electron chi connectivity index (χ1n) is 7.35. The van der Waals surface area contributed by atoms with Crippen molar-refractivity contribution in [1.82, 2.24) is 9.88 Å². The molecule has 1 aromatic heterocycles. The lowest BCUT2D eigenvalue weighted by molar-refractivity contribution is 0.0389. The Bertz CT molecular complexity index is 644. The van der Waals surface area contributed by atoms with E-state index in [1.54, 1.807) is 11.1 Å². The zero-order valence-electron chi connectivity index (χ0n) is 12.3. The van der Waals surface area contributed by atoms with E-state index in [4.69, 9.17) is 10.5 Å². The van der Waals surface area contributed by atoms with Crippen molar-refractivity contribution in [2.45, 2.75) is 12.8 Å². The lowest BCUT2D eigenvalue weighted by atomic mass is 10.0. The molecular weight excluding hydrogens is 266 g/mol. The highest BCUT2D eigenvalue weighted by Crippen LogP contribution is 2.23. The number of nitrogens with zero attached hydrogens (tertiary/aromatic N) is 1. The van der Waals surface area contributed by atoms with Gasteiger partial charge < -0.3 is 20.4 Å². The molecule has 2 heterocycles. The molecule has 0 aliphatic carbocycles. The summed E-state index contributed by atoms with van der Waals surface area (Å²) in [6.07, 6.45) is 3.97. The maximum Gasteiger partial charge on any atom is 0.255 e. The van der Waals surface area contributed by atoms with Crippen molar-refractivity contribution in [3.63, 3.8) is 0 Å². The van der Waals surface area contributed by atoms with E-state index in [-0.39, 0.29) is 5.91 Å². The van der Waals surface area contributed by atoms with Crippen molar-refractivity contribution in [3.05, 3.63) is 30.0 Å². The Hall–Kier alpha value is -2.01. The number of aromatic nitrogens is 1. The molecule has 21 heavy (non-hydrogen) atoms. The number of ether oxygens (including phenoxy) is 1. The second kappa shape index (κ2) is 5.77. The average Bonchev–Trinajstić information content (AvgIpc) is 2.90. The molecule has 1 saturated heterocycles. The number of benzene rings is 1. The van der Waals surface area contributed by atoms with Crippen LogP contribution in [-0.4, -0.2) is 42.6 Å². The van der Waals surface area contributed by atoms with Gasteiger partial charge in [-0.25, -0.2) is 0 Å². The number of carbonyl (C=O) groups is 1. The maximum absolute atomic E-state index is 12.6. The number of nitrogen functional groups attached to an aromatic ring is 1. The van der Waals surface area contributed by atoms with Crippen LogP contribution < -0.4 is 5.73 Å². The molecule has 0 saturated carbocycles. The van der Waals surface area contributed by atoms with Crippen LogP contribution in [-0.2, 0) is 4.74 Å². The maximum atomic E-state index is 12.6. The summed E-state index contributed by atoms with van der Waals surface area (Å²) in [4.78, 5) is 17.5. The smallest absolute Gasteiger partial charge is 0.255 e. The quantitative estimate of drug-likeness (QED) is 0.851. The van der Waals surface area contributed by atoms with E-state index in [9.17, 15) is 4.79 Å². The summed E-state index contributed by atoms with van der Waals surface area (Å²) in [5, 5.41) is 0.881. The number of H-pyrrole nitrogens is 1. The molecule has 112 valence electrons. The van der Waals surface area contributed by atoms with Gasteiger partial charge in [0.1, 0.15) is 0 Å². The second-order valence-electron chi connectivity index (χ2n) is 5.78. The Morgan fingerprint density at radius 3 is 3.14 bits per heavy atom. The van der Waals surface area contributed by atoms with E-state index in [1.165, 1.54) is 0 Å². The number of nitrogens with one attached hydrogen (secondary N) is 1. The number of rotatable bonds is 3. The van der Waals surface area contributed by atoms with Crippen LogP contribution in [0.15, 0.2) is 24.4 Å². The second-order valence-corrected chi connectivity index (χ2v) is 5.78. The fourth-order valence-electron chi connectivity index (χ4n) is 2.94. The van der Waals surface area contributed by atoms with Gasteiger partial charge >= 0.3 is 0 Å². The number of aromatic amines is 1. The molecule has 1 unspecified atom stereocenters. The van der Waals surface area contributed by atoms with Gasteiger partial charge in [0.15, 0.2) is 0 Å². The number of hydrogen-bond acceptors (Lipinski definition) is 3. The Labute approximate surface area is 124 Å². The first-order chi connectivity index (χ1) is 10.1. The molecule has 3 N–H and O–H groups in total. The van der Waals surface area contributed by atoms with Gasteiger partial charge in [0.25, 0.3) is 5.91 Å². The first-order valence-corrected chi connectivity index (χ1v) is 7.35. The summed E-state index contributed by atoms with van der Waals surface area (Å²) in [6, 6.07) is 5.57. The molecule has 0 bridgehead atoms. The molecule has 1 aromatic carbocycles. The zero-order valence-corrected chi connectivity index (χ0v) is 12.3. The van der Waals surface area contributed by atoms with Crippen LogP contribution in [0, 0.1) is 5.92 Å². The summed E-state index contributed by atoms with van der Waals surface area (Å²) in [5.41, 5.74) is 8.10. The Morgan fingerprint density at radius 1 is 1.52 bits per heavy atom. The number of hydrogen-bond donors (Lipinski definition) is 2. The highest BCUT2D eigenvalue weighted by Gasteiger charge is 2.21. The lowest BCUT2D eigenvalue weighted by Gasteiger charge is -2.27. The zero-order chi connectivity index (χ0) is 14.8. The van der Waals surface area contributed by atoms with Gasteiger partial charge in [-0.1, -0.05) is 0 Å². The number of nitrogens with two attached hydrogens (primary N) is 1. The summed E-state index contributed by atoms with van der Waals surface area (Å²) >= 11 is 0. The van der Waals surface area contributed by atoms with Gasteiger partial charge in [0.2, 0.25) is 0 Å². The van der Waals surface area contributed by atoms with E-state index in [0.29, 0.717) is 17.2 Å². The van der Waals surface area contributed by atoms with Crippen LogP contribution in [0.25, 0.3) is 10.9 Å². The molecule has 1 amide bonds. The fraction of sp³-hybridized carbons (Fsp3) is 0.438. The Balaban J connectivity index is 1.77. The lowest BCUT2D eigenvalue weighted by Crippen LogP contribution is -2.35. The number of carbonyl (C=O) groups excluding carboxylic acids is 1. The predicted molar refractivity (Wildman–Crippen MR) is 83.2 cm³/mol. The molecule has 1 fully saturated rings. The van der Waals surface area contributed by atoms with Crippen molar-refractivity contribution in [3.8, 4) is 0 Å². The SMILES string of the molecule is CN(CC1CCCOC1)C(=O)c1c[nH]c2ccc(N)cc12. The van der Waals surface area contributed by atoms with Crippen molar-refractivity contribution < 1.29 is 9.53 Å². The monoisotopic (exact) mass is 287 g/mol. The minimum absolute atomic E-state index is 0.0254. The van der Waals surface area contributed by atoms with Crippen LogP contribution in [0.3, 0.4) is 0 Å².